The highest BCUT2D eigenvalue weighted by Gasteiger charge is 2.40. The van der Waals surface area contributed by atoms with Crippen molar-refractivity contribution in [2.24, 2.45) is 0 Å². The van der Waals surface area contributed by atoms with Gasteiger partial charge in [0.15, 0.2) is 0 Å². The zero-order valence-corrected chi connectivity index (χ0v) is 28.2. The molecule has 0 radical (unpaired) electrons. The number of aryl methyl sites for hydroxylation is 1. The van der Waals surface area contributed by atoms with Gasteiger partial charge in [-0.05, 0) is 123 Å². The van der Waals surface area contributed by atoms with Crippen molar-refractivity contribution in [3.8, 4) is 46.7 Å². The molecule has 0 saturated carbocycles. The van der Waals surface area contributed by atoms with E-state index in [1.807, 2.05) is 0 Å². The summed E-state index contributed by atoms with van der Waals surface area (Å²) in [5.74, 6) is 9.01. The summed E-state index contributed by atoms with van der Waals surface area (Å²) < 4.78 is 54.5. The monoisotopic (exact) mass is 710 g/mol. The van der Waals surface area contributed by atoms with Gasteiger partial charge in [-0.3, -0.25) is 19.2 Å². The van der Waals surface area contributed by atoms with E-state index in [9.17, 15) is 32.3 Å². The maximum atomic E-state index is 14.3. The first-order valence-electron chi connectivity index (χ1n) is 16.1. The quantitative estimate of drug-likeness (QED) is 0.129. The summed E-state index contributed by atoms with van der Waals surface area (Å²) in [5, 5.41) is 0. The Hall–Kier alpha value is -7.11. The predicted octanol–water partition coefficient (Wildman–Crippen LogP) is 8.94. The molecule has 0 aliphatic carbocycles. The lowest BCUT2D eigenvalue weighted by Gasteiger charge is -2.19. The molecule has 5 aromatic carbocycles. The minimum atomic E-state index is -4.89. The van der Waals surface area contributed by atoms with Crippen LogP contribution in [0.4, 0.5) is 24.5 Å². The molecule has 0 N–H and O–H groups in total. The van der Waals surface area contributed by atoms with E-state index in [4.69, 9.17) is 9.47 Å². The molecule has 53 heavy (non-hydrogen) atoms. The molecule has 0 fully saturated rings. The third-order valence-corrected chi connectivity index (χ3v) is 8.53. The van der Waals surface area contributed by atoms with Crippen molar-refractivity contribution in [3.63, 3.8) is 0 Å². The first-order chi connectivity index (χ1) is 25.4. The highest BCUT2D eigenvalue weighted by molar-refractivity contribution is 6.35. The number of benzene rings is 5. The molecule has 4 amide bonds. The van der Waals surface area contributed by atoms with Crippen LogP contribution in [0.1, 0.15) is 77.5 Å². The van der Waals surface area contributed by atoms with Gasteiger partial charge < -0.3 is 9.47 Å². The van der Waals surface area contributed by atoms with Crippen LogP contribution in [0.25, 0.3) is 0 Å². The number of imide groups is 2. The van der Waals surface area contributed by atoms with Gasteiger partial charge in [-0.25, -0.2) is 9.80 Å². The molecule has 5 aromatic rings. The first kappa shape index (κ1) is 34.3. The van der Waals surface area contributed by atoms with Crippen LogP contribution in [0.3, 0.4) is 0 Å². The second kappa shape index (κ2) is 13.2. The average molecular weight is 711 g/mol. The van der Waals surface area contributed by atoms with Crippen LogP contribution < -0.4 is 19.3 Å². The van der Waals surface area contributed by atoms with Crippen molar-refractivity contribution < 1.29 is 41.8 Å². The van der Waals surface area contributed by atoms with Crippen LogP contribution in [0.5, 0.6) is 23.0 Å². The molecule has 2 aliphatic rings. The second-order valence-corrected chi connectivity index (χ2v) is 12.0. The van der Waals surface area contributed by atoms with E-state index < -0.39 is 41.1 Å². The zero-order chi connectivity index (χ0) is 37.6. The summed E-state index contributed by atoms with van der Waals surface area (Å²) in [4.78, 5) is 54.3. The molecule has 0 unspecified atom stereocenters. The maximum absolute atomic E-state index is 14.3. The number of fused-ring (bicyclic) bond motifs is 2. The molecule has 11 heteroatoms. The Kier molecular flexibility index (Phi) is 8.56. The van der Waals surface area contributed by atoms with Gasteiger partial charge in [0.25, 0.3) is 23.6 Å². The normalized spacial score (nSPS) is 13.2. The fourth-order valence-corrected chi connectivity index (χ4v) is 6.08. The van der Waals surface area contributed by atoms with Crippen molar-refractivity contribution in [3.05, 3.63) is 142 Å². The number of hydrogen-bond donors (Lipinski definition) is 0. The van der Waals surface area contributed by atoms with E-state index in [1.54, 1.807) is 63.2 Å². The Bertz CT molecular complexity index is 2540. The minimum absolute atomic E-state index is 0.0530. The number of nitrogens with zero attached hydrogens (tertiary/aromatic N) is 2. The second-order valence-electron chi connectivity index (χ2n) is 12.0. The van der Waals surface area contributed by atoms with Gasteiger partial charge in [0.2, 0.25) is 0 Å². The largest absolute Gasteiger partial charge is 0.457 e. The van der Waals surface area contributed by atoms with Crippen LogP contribution in [-0.2, 0) is 6.18 Å². The average Bonchev–Trinajstić information content (AvgIpc) is 3.53. The summed E-state index contributed by atoms with van der Waals surface area (Å²) in [6, 6.07) is 22.9. The molecule has 0 aromatic heterocycles. The number of rotatable bonds is 6. The van der Waals surface area contributed by atoms with Crippen LogP contribution in [0, 0.1) is 30.6 Å². The summed E-state index contributed by atoms with van der Waals surface area (Å²) in [7, 11) is 0. The number of amides is 4. The lowest BCUT2D eigenvalue weighted by atomic mass is 10.1. The topological polar surface area (TPSA) is 93.2 Å². The van der Waals surface area contributed by atoms with Crippen LogP contribution in [-0.4, -0.2) is 23.6 Å². The van der Waals surface area contributed by atoms with Crippen molar-refractivity contribution in [2.45, 2.75) is 26.9 Å². The standard InChI is InChI=1S/C42H25F3N2O6/c1-4-6-25-8-16-31-33(21-25)40(50)46(38(31)48)27-10-18-36(24(3)20-27)52-29-12-14-30(15-13-29)53-37-19-11-28(23-35(37)42(43,44)45)47-39(49)32-17-9-26(7-5-2)22-34(32)41(47)51/h8-23H,1-3H3. The number of hydrogen-bond acceptors (Lipinski definition) is 6. The smallest absolute Gasteiger partial charge is 0.420 e. The molecular formula is C42H25F3N2O6. The molecule has 7 rings (SSSR count). The van der Waals surface area contributed by atoms with Gasteiger partial charge in [-0.2, -0.15) is 13.2 Å². The van der Waals surface area contributed by atoms with Gasteiger partial charge in [0.05, 0.1) is 33.6 Å². The highest BCUT2D eigenvalue weighted by atomic mass is 19.4. The molecule has 8 nitrogen and oxygen atoms in total. The summed E-state index contributed by atoms with van der Waals surface area (Å²) >= 11 is 0. The molecule has 2 heterocycles. The lowest BCUT2D eigenvalue weighted by molar-refractivity contribution is -0.138. The SMILES string of the molecule is CC#Cc1ccc2c(c1)C(=O)N(c1ccc(Oc3ccc(Oc4ccc(N5C(=O)c6ccc(C#CC)cc6C5=O)cc4C(F)(F)F)cc3)c(C)c1)C2=O. The molecule has 2 aliphatic heterocycles. The van der Waals surface area contributed by atoms with Gasteiger partial charge in [-0.1, -0.05) is 11.8 Å². The van der Waals surface area contributed by atoms with Crippen LogP contribution >= 0.6 is 0 Å². The maximum Gasteiger partial charge on any atom is 0.420 e. The lowest BCUT2D eigenvalue weighted by Crippen LogP contribution is -2.29. The number of halogens is 3. The number of carbonyl (C=O) groups is 4. The Morgan fingerprint density at radius 3 is 1.42 bits per heavy atom. The fourth-order valence-electron chi connectivity index (χ4n) is 6.08. The van der Waals surface area contributed by atoms with E-state index in [0.29, 0.717) is 44.8 Å². The number of anilines is 2. The van der Waals surface area contributed by atoms with Gasteiger partial charge in [0.1, 0.15) is 28.6 Å². The third kappa shape index (κ3) is 6.26. The van der Waals surface area contributed by atoms with Crippen molar-refractivity contribution in [2.75, 3.05) is 9.80 Å². The van der Waals surface area contributed by atoms with Crippen molar-refractivity contribution >= 4 is 35.0 Å². The van der Waals surface area contributed by atoms with Crippen LogP contribution in [0.15, 0.2) is 97.1 Å². The van der Waals surface area contributed by atoms with Crippen molar-refractivity contribution in [1.29, 1.82) is 0 Å². The highest BCUT2D eigenvalue weighted by Crippen LogP contribution is 2.42. The van der Waals surface area contributed by atoms with E-state index in [1.165, 1.54) is 42.5 Å². The van der Waals surface area contributed by atoms with Crippen LogP contribution in [0.2, 0.25) is 0 Å². The van der Waals surface area contributed by atoms with E-state index in [0.717, 1.165) is 11.0 Å². The Labute approximate surface area is 301 Å². The first-order valence-corrected chi connectivity index (χ1v) is 16.1. The summed E-state index contributed by atoms with van der Waals surface area (Å²) in [6.07, 6.45) is -4.89. The van der Waals surface area contributed by atoms with Gasteiger partial charge >= 0.3 is 6.18 Å². The molecule has 0 atom stereocenters. The van der Waals surface area contributed by atoms with Gasteiger partial charge in [0, 0.05) is 11.1 Å². The summed E-state index contributed by atoms with van der Waals surface area (Å²) in [6.45, 7) is 5.04. The van der Waals surface area contributed by atoms with Crippen molar-refractivity contribution in [1.82, 2.24) is 0 Å². The van der Waals surface area contributed by atoms with E-state index in [-0.39, 0.29) is 33.7 Å². The molecule has 0 bridgehead atoms. The van der Waals surface area contributed by atoms with Gasteiger partial charge in [-0.15, -0.1) is 11.8 Å². The molecule has 0 saturated heterocycles. The van der Waals surface area contributed by atoms with E-state index in [2.05, 4.69) is 23.7 Å². The molecular weight excluding hydrogens is 685 g/mol. The third-order valence-electron chi connectivity index (χ3n) is 8.53. The Morgan fingerprint density at radius 1 is 0.528 bits per heavy atom. The fraction of sp³-hybridized carbons (Fsp3) is 0.0952. The summed E-state index contributed by atoms with van der Waals surface area (Å²) in [5.41, 5.74) is 1.32. The number of alkyl halides is 3. The Balaban J connectivity index is 1.07. The van der Waals surface area contributed by atoms with E-state index >= 15 is 0 Å². The zero-order valence-electron chi connectivity index (χ0n) is 28.2. The number of carbonyl (C=O) groups excluding carboxylic acids is 4. The predicted molar refractivity (Wildman–Crippen MR) is 189 cm³/mol. The molecule has 260 valence electrons. The number of ether oxygens (including phenoxy) is 2. The molecule has 0 spiro atoms. The minimum Gasteiger partial charge on any atom is -0.457 e. The Morgan fingerprint density at radius 2 is 0.962 bits per heavy atom.